The number of hydrogen-bond donors (Lipinski definition) is 2. The molecular weight excluding hydrogens is 338 g/mol. The van der Waals surface area contributed by atoms with Crippen LogP contribution >= 0.6 is 0 Å². The summed E-state index contributed by atoms with van der Waals surface area (Å²) in [5.74, 6) is 0.00676. The van der Waals surface area contributed by atoms with Gasteiger partial charge in [0.2, 0.25) is 0 Å². The summed E-state index contributed by atoms with van der Waals surface area (Å²) in [6.45, 7) is 5.32. The summed E-state index contributed by atoms with van der Waals surface area (Å²) < 4.78 is 6.03. The number of nitrogens with one attached hydrogen (secondary N) is 1. The number of ether oxygens (including phenoxy) is 1. The minimum absolute atomic E-state index is 0.284. The molecule has 0 fully saturated rings. The van der Waals surface area contributed by atoms with E-state index in [9.17, 15) is 4.79 Å². The van der Waals surface area contributed by atoms with Crippen LogP contribution in [0.3, 0.4) is 0 Å². The standard InChI is InChI=1S/C23H23NO3/c1-16-12-19(14-24-21-10-8-20(9-11-21)23(25)26)13-17(2)22(16)27-15-18-6-4-3-5-7-18/h3-13,24H,14-15H2,1-2H3,(H,25,26). The van der Waals surface area contributed by atoms with Crippen molar-refractivity contribution in [1.29, 1.82) is 0 Å². The number of rotatable bonds is 7. The highest BCUT2D eigenvalue weighted by Gasteiger charge is 2.08. The van der Waals surface area contributed by atoms with Crippen LogP contribution in [0.15, 0.2) is 66.7 Å². The van der Waals surface area contributed by atoms with Gasteiger partial charge in [-0.3, -0.25) is 0 Å². The quantitative estimate of drug-likeness (QED) is 0.608. The molecule has 0 bridgehead atoms. The number of aryl methyl sites for hydroxylation is 2. The molecule has 0 amide bonds. The lowest BCUT2D eigenvalue weighted by molar-refractivity contribution is 0.0697. The fraction of sp³-hybridized carbons (Fsp3) is 0.174. The van der Waals surface area contributed by atoms with Crippen LogP contribution in [0.1, 0.15) is 32.6 Å². The monoisotopic (exact) mass is 361 g/mol. The molecule has 0 unspecified atom stereocenters. The predicted octanol–water partition coefficient (Wildman–Crippen LogP) is 5.19. The van der Waals surface area contributed by atoms with E-state index in [1.165, 1.54) is 0 Å². The zero-order valence-corrected chi connectivity index (χ0v) is 15.5. The lowest BCUT2D eigenvalue weighted by atomic mass is 10.1. The second-order valence-electron chi connectivity index (χ2n) is 6.57. The number of carboxylic acid groups (broad SMARTS) is 1. The molecule has 3 aromatic rings. The van der Waals surface area contributed by atoms with Crippen LogP contribution in [0.25, 0.3) is 0 Å². The van der Waals surface area contributed by atoms with Crippen molar-refractivity contribution in [2.75, 3.05) is 5.32 Å². The first-order chi connectivity index (χ1) is 13.0. The highest BCUT2D eigenvalue weighted by molar-refractivity contribution is 5.88. The average Bonchev–Trinajstić information content (AvgIpc) is 2.67. The molecule has 0 radical (unpaired) electrons. The Labute approximate surface area is 159 Å². The Kier molecular flexibility index (Phi) is 5.77. The van der Waals surface area contributed by atoms with E-state index < -0.39 is 5.97 Å². The van der Waals surface area contributed by atoms with Gasteiger partial charge in [-0.1, -0.05) is 42.5 Å². The third-order valence-corrected chi connectivity index (χ3v) is 4.37. The van der Waals surface area contributed by atoms with Gasteiger partial charge in [-0.15, -0.1) is 0 Å². The minimum atomic E-state index is -0.918. The molecule has 0 aromatic heterocycles. The fourth-order valence-corrected chi connectivity index (χ4v) is 3.03. The molecule has 0 aliphatic rings. The summed E-state index contributed by atoms with van der Waals surface area (Å²) >= 11 is 0. The SMILES string of the molecule is Cc1cc(CNc2ccc(C(=O)O)cc2)cc(C)c1OCc1ccccc1. The Bertz CT molecular complexity index is 895. The lowest BCUT2D eigenvalue weighted by Gasteiger charge is -2.15. The number of hydrogen-bond acceptors (Lipinski definition) is 3. The van der Waals surface area contributed by atoms with E-state index in [1.54, 1.807) is 24.3 Å². The van der Waals surface area contributed by atoms with Gasteiger partial charge < -0.3 is 15.2 Å². The molecule has 3 aromatic carbocycles. The molecule has 27 heavy (non-hydrogen) atoms. The zero-order chi connectivity index (χ0) is 19.2. The van der Waals surface area contributed by atoms with Gasteiger partial charge in [-0.25, -0.2) is 4.79 Å². The summed E-state index contributed by atoms with van der Waals surface area (Å²) in [6.07, 6.45) is 0. The molecule has 138 valence electrons. The summed E-state index contributed by atoms with van der Waals surface area (Å²) in [4.78, 5) is 10.9. The topological polar surface area (TPSA) is 58.6 Å². The first-order valence-corrected chi connectivity index (χ1v) is 8.87. The van der Waals surface area contributed by atoms with Crippen LogP contribution in [0.4, 0.5) is 5.69 Å². The van der Waals surface area contributed by atoms with Crippen LogP contribution in [0, 0.1) is 13.8 Å². The molecule has 3 rings (SSSR count). The summed E-state index contributed by atoms with van der Waals surface area (Å²) in [7, 11) is 0. The van der Waals surface area contributed by atoms with Crippen molar-refractivity contribution >= 4 is 11.7 Å². The summed E-state index contributed by atoms with van der Waals surface area (Å²) in [5, 5.41) is 12.3. The summed E-state index contributed by atoms with van der Waals surface area (Å²) in [6, 6.07) is 21.1. The summed E-state index contributed by atoms with van der Waals surface area (Å²) in [5.41, 5.74) is 5.67. The molecule has 0 aliphatic heterocycles. The molecule has 0 saturated heterocycles. The highest BCUT2D eigenvalue weighted by atomic mass is 16.5. The average molecular weight is 361 g/mol. The zero-order valence-electron chi connectivity index (χ0n) is 15.5. The van der Waals surface area contributed by atoms with E-state index >= 15 is 0 Å². The Morgan fingerprint density at radius 3 is 2.15 bits per heavy atom. The van der Waals surface area contributed by atoms with E-state index in [0.29, 0.717) is 13.2 Å². The van der Waals surface area contributed by atoms with Crippen LogP contribution in [0.5, 0.6) is 5.75 Å². The van der Waals surface area contributed by atoms with Gasteiger partial charge in [0.05, 0.1) is 5.56 Å². The number of benzene rings is 3. The van der Waals surface area contributed by atoms with Crippen molar-refractivity contribution in [3.8, 4) is 5.75 Å². The Balaban J connectivity index is 1.64. The smallest absolute Gasteiger partial charge is 0.335 e. The van der Waals surface area contributed by atoms with Gasteiger partial charge >= 0.3 is 5.97 Å². The Hall–Kier alpha value is -3.27. The van der Waals surface area contributed by atoms with Crippen molar-refractivity contribution in [3.63, 3.8) is 0 Å². The van der Waals surface area contributed by atoms with E-state index in [4.69, 9.17) is 9.84 Å². The van der Waals surface area contributed by atoms with Crippen molar-refractivity contribution in [3.05, 3.63) is 94.5 Å². The molecule has 0 atom stereocenters. The Morgan fingerprint density at radius 2 is 1.56 bits per heavy atom. The third kappa shape index (κ3) is 4.88. The van der Waals surface area contributed by atoms with Crippen LogP contribution in [0.2, 0.25) is 0 Å². The van der Waals surface area contributed by atoms with Crippen molar-refractivity contribution in [2.45, 2.75) is 27.0 Å². The fourth-order valence-electron chi connectivity index (χ4n) is 3.03. The van der Waals surface area contributed by atoms with Gasteiger partial charge in [-0.05, 0) is 60.4 Å². The van der Waals surface area contributed by atoms with Gasteiger partial charge in [0.1, 0.15) is 12.4 Å². The highest BCUT2D eigenvalue weighted by Crippen LogP contribution is 2.26. The number of aromatic carboxylic acids is 1. The van der Waals surface area contributed by atoms with Gasteiger partial charge in [0.15, 0.2) is 0 Å². The maximum Gasteiger partial charge on any atom is 0.335 e. The van der Waals surface area contributed by atoms with Crippen LogP contribution < -0.4 is 10.1 Å². The molecule has 0 aliphatic carbocycles. The van der Waals surface area contributed by atoms with Crippen molar-refractivity contribution < 1.29 is 14.6 Å². The largest absolute Gasteiger partial charge is 0.488 e. The number of carbonyl (C=O) groups is 1. The van der Waals surface area contributed by atoms with E-state index in [0.717, 1.165) is 33.7 Å². The third-order valence-electron chi connectivity index (χ3n) is 4.37. The van der Waals surface area contributed by atoms with Crippen LogP contribution in [-0.4, -0.2) is 11.1 Å². The number of carboxylic acids is 1. The second-order valence-corrected chi connectivity index (χ2v) is 6.57. The van der Waals surface area contributed by atoms with Crippen molar-refractivity contribution in [2.24, 2.45) is 0 Å². The normalized spacial score (nSPS) is 10.4. The lowest BCUT2D eigenvalue weighted by Crippen LogP contribution is -2.04. The molecule has 0 heterocycles. The van der Waals surface area contributed by atoms with Gasteiger partial charge in [0, 0.05) is 12.2 Å². The molecule has 2 N–H and O–H groups in total. The molecule has 0 spiro atoms. The number of anilines is 1. The molecule has 0 saturated carbocycles. The second kappa shape index (κ2) is 8.41. The van der Waals surface area contributed by atoms with E-state index in [-0.39, 0.29) is 5.56 Å². The maximum absolute atomic E-state index is 10.9. The van der Waals surface area contributed by atoms with Crippen LogP contribution in [-0.2, 0) is 13.2 Å². The van der Waals surface area contributed by atoms with Gasteiger partial charge in [-0.2, -0.15) is 0 Å². The minimum Gasteiger partial charge on any atom is -0.488 e. The van der Waals surface area contributed by atoms with Crippen molar-refractivity contribution in [1.82, 2.24) is 0 Å². The molecule has 4 nitrogen and oxygen atoms in total. The first-order valence-electron chi connectivity index (χ1n) is 8.87. The molecule has 4 heteroatoms. The van der Waals surface area contributed by atoms with E-state index in [2.05, 4.69) is 43.4 Å². The molecular formula is C23H23NO3. The Morgan fingerprint density at radius 1 is 0.926 bits per heavy atom. The maximum atomic E-state index is 10.9. The van der Waals surface area contributed by atoms with Gasteiger partial charge in [0.25, 0.3) is 0 Å². The van der Waals surface area contributed by atoms with E-state index in [1.807, 2.05) is 18.2 Å². The predicted molar refractivity (Wildman–Crippen MR) is 107 cm³/mol. The first kappa shape index (κ1) is 18.5.